The Morgan fingerprint density at radius 2 is 1.82 bits per heavy atom. The van der Waals surface area contributed by atoms with Gasteiger partial charge in [0.2, 0.25) is 5.91 Å². The zero-order chi connectivity index (χ0) is 19.2. The third-order valence-electron chi connectivity index (χ3n) is 5.70. The van der Waals surface area contributed by atoms with Crippen LogP contribution in [0.5, 0.6) is 0 Å². The monoisotopic (exact) mass is 417 g/mol. The van der Waals surface area contributed by atoms with Crippen LogP contribution in [0.4, 0.5) is 18.9 Å². The summed E-state index contributed by atoms with van der Waals surface area (Å²) in [5.74, 6) is -0.726. The third-order valence-corrected chi connectivity index (χ3v) is 5.70. The van der Waals surface area contributed by atoms with Crippen molar-refractivity contribution < 1.29 is 22.8 Å². The first-order valence-corrected chi connectivity index (χ1v) is 9.39. The van der Waals surface area contributed by atoms with E-state index >= 15 is 0 Å². The number of amides is 2. The van der Waals surface area contributed by atoms with Crippen molar-refractivity contribution in [2.75, 3.05) is 11.4 Å². The molecule has 3 aliphatic heterocycles. The van der Waals surface area contributed by atoms with E-state index in [2.05, 4.69) is 10.6 Å². The van der Waals surface area contributed by atoms with Crippen molar-refractivity contribution in [1.29, 1.82) is 0 Å². The first-order chi connectivity index (χ1) is 12.8. The Kier molecular flexibility index (Phi) is 5.91. The molecule has 3 aliphatic rings. The van der Waals surface area contributed by atoms with Gasteiger partial charge in [0.15, 0.2) is 0 Å². The average Bonchev–Trinajstić information content (AvgIpc) is 3.18. The van der Waals surface area contributed by atoms with E-state index in [1.165, 1.54) is 11.0 Å². The molecule has 0 spiro atoms. The Balaban J connectivity index is 0.00000225. The van der Waals surface area contributed by atoms with Gasteiger partial charge in [-0.25, -0.2) is 0 Å². The second kappa shape index (κ2) is 7.91. The summed E-state index contributed by atoms with van der Waals surface area (Å²) in [4.78, 5) is 26.0. The lowest BCUT2D eigenvalue weighted by atomic mass is 9.99. The van der Waals surface area contributed by atoms with Gasteiger partial charge in [0.25, 0.3) is 5.91 Å². The summed E-state index contributed by atoms with van der Waals surface area (Å²) in [5.41, 5.74) is -0.816. The molecule has 9 heteroatoms. The Hall–Kier alpha value is -1.80. The van der Waals surface area contributed by atoms with Crippen LogP contribution < -0.4 is 15.5 Å². The van der Waals surface area contributed by atoms with E-state index in [0.717, 1.165) is 37.8 Å². The van der Waals surface area contributed by atoms with Crippen molar-refractivity contribution in [2.45, 2.75) is 62.8 Å². The van der Waals surface area contributed by atoms with E-state index in [1.54, 1.807) is 0 Å². The van der Waals surface area contributed by atoms with Crippen LogP contribution in [0, 0.1) is 0 Å². The molecule has 2 atom stereocenters. The van der Waals surface area contributed by atoms with Crippen LogP contribution in [0.15, 0.2) is 18.2 Å². The van der Waals surface area contributed by atoms with Crippen molar-refractivity contribution in [2.24, 2.45) is 0 Å². The maximum atomic E-state index is 13.3. The molecular formula is C19H23ClF3N3O2. The number of rotatable bonds is 3. The minimum absolute atomic E-state index is 0. The van der Waals surface area contributed by atoms with Crippen molar-refractivity contribution in [3.63, 3.8) is 0 Å². The second-order valence-electron chi connectivity index (χ2n) is 7.69. The topological polar surface area (TPSA) is 61.4 Å². The van der Waals surface area contributed by atoms with Gasteiger partial charge in [-0.2, -0.15) is 13.2 Å². The van der Waals surface area contributed by atoms with E-state index in [4.69, 9.17) is 0 Å². The van der Waals surface area contributed by atoms with Gasteiger partial charge >= 0.3 is 6.18 Å². The molecule has 2 N–H and O–H groups in total. The standard InChI is InChI=1S/C19H22F3N3O2.ClH/c20-19(21,22)12-6-11(7-16(8-12)25-5-1-2-17(25)26)18(27)24-15-9-13-3-4-14(10-15)23-13;/h6-8,13-15,23H,1-5,9-10H2,(H,24,27);1H. The first-order valence-electron chi connectivity index (χ1n) is 9.39. The molecule has 3 heterocycles. The number of nitrogens with zero attached hydrogens (tertiary/aromatic N) is 1. The van der Waals surface area contributed by atoms with E-state index in [9.17, 15) is 22.8 Å². The molecule has 1 aromatic rings. The first kappa shape index (κ1) is 20.9. The number of halogens is 4. The normalized spacial score (nSPS) is 26.9. The highest BCUT2D eigenvalue weighted by molar-refractivity contribution is 5.99. The summed E-state index contributed by atoms with van der Waals surface area (Å²) in [5, 5.41) is 6.36. The number of benzene rings is 1. The Morgan fingerprint density at radius 3 is 2.39 bits per heavy atom. The fourth-order valence-electron chi connectivity index (χ4n) is 4.43. The van der Waals surface area contributed by atoms with Gasteiger partial charge in [0, 0.05) is 42.3 Å². The van der Waals surface area contributed by atoms with Crippen LogP contribution in [-0.4, -0.2) is 36.5 Å². The zero-order valence-corrected chi connectivity index (χ0v) is 16.0. The van der Waals surface area contributed by atoms with E-state index in [0.29, 0.717) is 31.5 Å². The van der Waals surface area contributed by atoms with Crippen molar-refractivity contribution in [3.8, 4) is 0 Å². The van der Waals surface area contributed by atoms with Crippen molar-refractivity contribution >= 4 is 29.9 Å². The van der Waals surface area contributed by atoms with Gasteiger partial charge in [-0.3, -0.25) is 9.59 Å². The Labute approximate surface area is 167 Å². The molecule has 4 rings (SSSR count). The largest absolute Gasteiger partial charge is 0.416 e. The summed E-state index contributed by atoms with van der Waals surface area (Å²) < 4.78 is 40.0. The summed E-state index contributed by atoms with van der Waals surface area (Å²) in [6.07, 6.45) is 0.0622. The minimum atomic E-state index is -4.58. The maximum Gasteiger partial charge on any atom is 0.416 e. The van der Waals surface area contributed by atoms with Gasteiger partial charge in [0.05, 0.1) is 5.56 Å². The Bertz CT molecular complexity index is 759. The van der Waals surface area contributed by atoms with E-state index in [1.807, 2.05) is 0 Å². The molecule has 3 saturated heterocycles. The summed E-state index contributed by atoms with van der Waals surface area (Å²) in [6, 6.07) is 3.91. The lowest BCUT2D eigenvalue weighted by Crippen LogP contribution is -2.48. The van der Waals surface area contributed by atoms with Crippen LogP contribution in [0.2, 0.25) is 0 Å². The molecule has 5 nitrogen and oxygen atoms in total. The average molecular weight is 418 g/mol. The molecule has 0 saturated carbocycles. The number of anilines is 1. The van der Waals surface area contributed by atoms with Gasteiger partial charge in [0.1, 0.15) is 0 Å². The number of alkyl halides is 3. The number of hydrogen-bond donors (Lipinski definition) is 2. The smallest absolute Gasteiger partial charge is 0.349 e. The molecule has 2 unspecified atom stereocenters. The molecule has 1 aromatic carbocycles. The number of hydrogen-bond acceptors (Lipinski definition) is 3. The van der Waals surface area contributed by atoms with Gasteiger partial charge in [-0.15, -0.1) is 12.4 Å². The predicted octanol–water partition coefficient (Wildman–Crippen LogP) is 3.27. The SMILES string of the molecule is Cl.O=C(NC1CC2CCC(C1)N2)c1cc(N2CCCC2=O)cc(C(F)(F)F)c1. The molecular weight excluding hydrogens is 395 g/mol. The fraction of sp³-hybridized carbons (Fsp3) is 0.579. The quantitative estimate of drug-likeness (QED) is 0.793. The van der Waals surface area contributed by atoms with E-state index < -0.39 is 17.6 Å². The van der Waals surface area contributed by atoms with Gasteiger partial charge < -0.3 is 15.5 Å². The van der Waals surface area contributed by atoms with Crippen molar-refractivity contribution in [1.82, 2.24) is 10.6 Å². The van der Waals surface area contributed by atoms with Crippen molar-refractivity contribution in [3.05, 3.63) is 29.3 Å². The highest BCUT2D eigenvalue weighted by Crippen LogP contribution is 2.34. The van der Waals surface area contributed by atoms with Gasteiger partial charge in [-0.05, 0) is 50.3 Å². The highest BCUT2D eigenvalue weighted by atomic mass is 35.5. The summed E-state index contributed by atoms with van der Waals surface area (Å²) in [6.45, 7) is 0.374. The summed E-state index contributed by atoms with van der Waals surface area (Å²) in [7, 11) is 0. The minimum Gasteiger partial charge on any atom is -0.349 e. The van der Waals surface area contributed by atoms with Crippen LogP contribution in [0.1, 0.15) is 54.4 Å². The molecule has 2 amide bonds. The van der Waals surface area contributed by atoms with E-state index in [-0.39, 0.29) is 35.6 Å². The third kappa shape index (κ3) is 4.27. The number of nitrogens with one attached hydrogen (secondary N) is 2. The van der Waals surface area contributed by atoms with Crippen LogP contribution >= 0.6 is 12.4 Å². The maximum absolute atomic E-state index is 13.3. The molecule has 0 aromatic heterocycles. The van der Waals surface area contributed by atoms with Crippen LogP contribution in [0.25, 0.3) is 0 Å². The molecule has 154 valence electrons. The molecule has 0 aliphatic carbocycles. The van der Waals surface area contributed by atoms with Crippen LogP contribution in [0.3, 0.4) is 0 Å². The lowest BCUT2D eigenvalue weighted by molar-refractivity contribution is -0.137. The Morgan fingerprint density at radius 1 is 1.14 bits per heavy atom. The molecule has 28 heavy (non-hydrogen) atoms. The second-order valence-corrected chi connectivity index (χ2v) is 7.69. The highest BCUT2D eigenvalue weighted by Gasteiger charge is 2.36. The van der Waals surface area contributed by atoms with Crippen LogP contribution in [-0.2, 0) is 11.0 Å². The van der Waals surface area contributed by atoms with Gasteiger partial charge in [-0.1, -0.05) is 0 Å². The molecule has 2 bridgehead atoms. The molecule has 0 radical (unpaired) electrons. The number of carbonyl (C=O) groups excluding carboxylic acids is 2. The molecule has 3 fully saturated rings. The summed E-state index contributed by atoms with van der Waals surface area (Å²) >= 11 is 0. The number of fused-ring (bicyclic) bond motifs is 2. The zero-order valence-electron chi connectivity index (χ0n) is 15.2. The lowest BCUT2D eigenvalue weighted by Gasteiger charge is -2.30. The number of piperidine rings is 1. The fourth-order valence-corrected chi connectivity index (χ4v) is 4.43. The number of carbonyl (C=O) groups is 2. The predicted molar refractivity (Wildman–Crippen MR) is 101 cm³/mol.